The molecule has 2 N–H and O–H groups in total. The number of anilines is 1. The number of nitrogens with one attached hydrogen (secondary N) is 1. The molecule has 1 saturated heterocycles. The largest absolute Gasteiger partial charge is 0.506 e. The van der Waals surface area contributed by atoms with E-state index >= 15 is 0 Å². The number of aromatic nitrogens is 3. The fourth-order valence-electron chi connectivity index (χ4n) is 3.45. The third kappa shape index (κ3) is 2.90. The average molecular weight is 371 g/mol. The van der Waals surface area contributed by atoms with Gasteiger partial charge in [-0.05, 0) is 43.9 Å². The number of aromatic hydroxyl groups is 1. The monoisotopic (exact) mass is 371 g/mol. The summed E-state index contributed by atoms with van der Waals surface area (Å²) in [4.78, 5) is 18.5. The molecule has 1 atom stereocenters. The maximum atomic E-state index is 12.2. The van der Waals surface area contributed by atoms with Crippen LogP contribution in [0.2, 0.25) is 0 Å². The van der Waals surface area contributed by atoms with Gasteiger partial charge in [0.25, 0.3) is 0 Å². The molecule has 7 nitrogen and oxygen atoms in total. The van der Waals surface area contributed by atoms with E-state index in [1.807, 2.05) is 33.2 Å². The smallest absolute Gasteiger partial charge is 0.244 e. The fourth-order valence-corrected chi connectivity index (χ4v) is 4.32. The topological polar surface area (TPSA) is 83.3 Å². The Balaban J connectivity index is 1.61. The quantitative estimate of drug-likeness (QED) is 0.740. The molecule has 1 aromatic carbocycles. The third-order valence-electron chi connectivity index (χ3n) is 4.69. The van der Waals surface area contributed by atoms with Crippen LogP contribution in [0.3, 0.4) is 0 Å². The highest BCUT2D eigenvalue weighted by Gasteiger charge is 2.27. The zero-order chi connectivity index (χ0) is 18.4. The van der Waals surface area contributed by atoms with E-state index in [-0.39, 0.29) is 17.7 Å². The van der Waals surface area contributed by atoms with Gasteiger partial charge in [0.15, 0.2) is 10.8 Å². The minimum atomic E-state index is -0.223. The van der Waals surface area contributed by atoms with Gasteiger partial charge in [0.2, 0.25) is 5.91 Å². The van der Waals surface area contributed by atoms with Crippen molar-refractivity contribution in [2.24, 2.45) is 0 Å². The number of hydrogen-bond acceptors (Lipinski definition) is 6. The Bertz CT molecular complexity index is 938. The number of likely N-dealkylation sites (tertiary alicyclic amines) is 1. The lowest BCUT2D eigenvalue weighted by molar-refractivity contribution is -0.132. The molecule has 4 rings (SSSR count). The predicted octanol–water partition coefficient (Wildman–Crippen LogP) is 2.84. The molecule has 8 heteroatoms. The second kappa shape index (κ2) is 6.28. The first-order chi connectivity index (χ1) is 12.4. The van der Waals surface area contributed by atoms with Crippen LogP contribution < -0.4 is 5.32 Å². The van der Waals surface area contributed by atoms with E-state index in [0.29, 0.717) is 16.5 Å². The van der Waals surface area contributed by atoms with Crippen molar-refractivity contribution in [1.29, 1.82) is 0 Å². The van der Waals surface area contributed by atoms with Gasteiger partial charge in [0, 0.05) is 13.6 Å². The summed E-state index contributed by atoms with van der Waals surface area (Å²) in [7, 11) is 1.83. The molecule has 1 fully saturated rings. The Hall–Kier alpha value is -2.61. The van der Waals surface area contributed by atoms with Crippen molar-refractivity contribution >= 4 is 32.7 Å². The molecule has 0 bridgehead atoms. The standard InChI is InChI=1S/C18H21N5O2S/c1-10-7-11(2)15(13(24)8-10)23-9-14-16(21-23)20-18(26-14)19-12-5-4-6-22(3)17(12)25/h7-9,12,24H,4-6H2,1-3H3,(H,19,20,21). The lowest BCUT2D eigenvalue weighted by atomic mass is 10.1. The molecular formula is C18H21N5O2S. The number of carbonyl (C=O) groups excluding carboxylic acids is 1. The second-order valence-electron chi connectivity index (χ2n) is 6.83. The van der Waals surface area contributed by atoms with Crippen molar-refractivity contribution in [1.82, 2.24) is 19.7 Å². The van der Waals surface area contributed by atoms with Gasteiger partial charge in [-0.25, -0.2) is 4.68 Å². The fraction of sp³-hybridized carbons (Fsp3) is 0.389. The molecule has 1 aliphatic rings. The van der Waals surface area contributed by atoms with Gasteiger partial charge >= 0.3 is 0 Å². The number of benzene rings is 1. The first-order valence-electron chi connectivity index (χ1n) is 8.60. The van der Waals surface area contributed by atoms with Gasteiger partial charge in [0.05, 0.1) is 10.9 Å². The van der Waals surface area contributed by atoms with Crippen molar-refractivity contribution < 1.29 is 9.90 Å². The number of phenolic OH excluding ortho intramolecular Hbond substituents is 1. The normalized spacial score (nSPS) is 17.9. The molecule has 136 valence electrons. The average Bonchev–Trinajstić information content (AvgIpc) is 3.09. The molecule has 1 aliphatic heterocycles. The van der Waals surface area contributed by atoms with E-state index < -0.39 is 0 Å². The number of carbonyl (C=O) groups is 1. The zero-order valence-corrected chi connectivity index (χ0v) is 15.8. The van der Waals surface area contributed by atoms with Crippen molar-refractivity contribution in [2.75, 3.05) is 18.9 Å². The van der Waals surface area contributed by atoms with Crippen LogP contribution in [-0.2, 0) is 4.79 Å². The summed E-state index contributed by atoms with van der Waals surface area (Å²) in [5.41, 5.74) is 3.23. The van der Waals surface area contributed by atoms with Crippen LogP contribution in [0.25, 0.3) is 16.0 Å². The number of amides is 1. The number of piperidine rings is 1. The zero-order valence-electron chi connectivity index (χ0n) is 15.0. The van der Waals surface area contributed by atoms with Crippen molar-refractivity contribution in [3.8, 4) is 11.4 Å². The van der Waals surface area contributed by atoms with Crippen molar-refractivity contribution in [3.05, 3.63) is 29.5 Å². The summed E-state index contributed by atoms with van der Waals surface area (Å²) in [6.45, 7) is 4.70. The number of rotatable bonds is 3. The van der Waals surface area contributed by atoms with E-state index in [0.717, 1.165) is 35.2 Å². The number of likely N-dealkylation sites (N-methyl/N-ethyl adjacent to an activating group) is 1. The van der Waals surface area contributed by atoms with Crippen LogP contribution >= 0.6 is 11.3 Å². The summed E-state index contributed by atoms with van der Waals surface area (Å²) >= 11 is 1.47. The molecule has 0 spiro atoms. The highest BCUT2D eigenvalue weighted by molar-refractivity contribution is 7.22. The Morgan fingerprint density at radius 3 is 2.88 bits per heavy atom. The SMILES string of the molecule is Cc1cc(C)c(-n2cc3sc(NC4CCCN(C)C4=O)nc3n2)c(O)c1. The van der Waals surface area contributed by atoms with Crippen LogP contribution in [-0.4, -0.2) is 50.3 Å². The Labute approximate surface area is 155 Å². The minimum absolute atomic E-state index is 0.106. The molecule has 26 heavy (non-hydrogen) atoms. The summed E-state index contributed by atoms with van der Waals surface area (Å²) in [6, 6.07) is 3.51. The Kier molecular flexibility index (Phi) is 4.07. The second-order valence-corrected chi connectivity index (χ2v) is 7.86. The van der Waals surface area contributed by atoms with Crippen LogP contribution in [0.15, 0.2) is 18.3 Å². The van der Waals surface area contributed by atoms with Crippen LogP contribution in [0, 0.1) is 13.8 Å². The van der Waals surface area contributed by atoms with Gasteiger partial charge in [0.1, 0.15) is 17.5 Å². The molecule has 3 aromatic rings. The van der Waals surface area contributed by atoms with Gasteiger partial charge in [-0.1, -0.05) is 17.4 Å². The first-order valence-corrected chi connectivity index (χ1v) is 9.42. The molecular weight excluding hydrogens is 350 g/mol. The van der Waals surface area contributed by atoms with E-state index in [1.165, 1.54) is 11.3 Å². The van der Waals surface area contributed by atoms with Crippen LogP contribution in [0.1, 0.15) is 24.0 Å². The summed E-state index contributed by atoms with van der Waals surface area (Å²) < 4.78 is 2.57. The minimum Gasteiger partial charge on any atom is -0.506 e. The molecule has 0 saturated carbocycles. The van der Waals surface area contributed by atoms with E-state index in [9.17, 15) is 9.90 Å². The number of thiazole rings is 1. The Morgan fingerprint density at radius 1 is 1.35 bits per heavy atom. The molecule has 2 aromatic heterocycles. The van der Waals surface area contributed by atoms with Gasteiger partial charge < -0.3 is 15.3 Å². The highest BCUT2D eigenvalue weighted by Crippen LogP contribution is 2.31. The van der Waals surface area contributed by atoms with E-state index in [1.54, 1.807) is 15.6 Å². The van der Waals surface area contributed by atoms with Crippen LogP contribution in [0.4, 0.5) is 5.13 Å². The summed E-state index contributed by atoms with van der Waals surface area (Å²) in [5.74, 6) is 0.307. The maximum absolute atomic E-state index is 12.2. The molecule has 3 heterocycles. The van der Waals surface area contributed by atoms with E-state index in [4.69, 9.17) is 0 Å². The Morgan fingerprint density at radius 2 is 2.15 bits per heavy atom. The predicted molar refractivity (Wildman–Crippen MR) is 102 cm³/mol. The highest BCUT2D eigenvalue weighted by atomic mass is 32.1. The lowest BCUT2D eigenvalue weighted by Crippen LogP contribution is -2.45. The summed E-state index contributed by atoms with van der Waals surface area (Å²) in [6.07, 6.45) is 3.67. The van der Waals surface area contributed by atoms with Gasteiger partial charge in [-0.2, -0.15) is 4.98 Å². The van der Waals surface area contributed by atoms with Gasteiger partial charge in [-0.15, -0.1) is 5.10 Å². The van der Waals surface area contributed by atoms with Crippen molar-refractivity contribution in [3.63, 3.8) is 0 Å². The maximum Gasteiger partial charge on any atom is 0.244 e. The number of aryl methyl sites for hydroxylation is 2. The van der Waals surface area contributed by atoms with Crippen LogP contribution in [0.5, 0.6) is 5.75 Å². The number of nitrogens with zero attached hydrogens (tertiary/aromatic N) is 4. The number of phenols is 1. The first kappa shape index (κ1) is 16.8. The number of hydrogen-bond donors (Lipinski definition) is 2. The third-order valence-corrected chi connectivity index (χ3v) is 5.60. The lowest BCUT2D eigenvalue weighted by Gasteiger charge is -2.29. The summed E-state index contributed by atoms with van der Waals surface area (Å²) in [5, 5.41) is 18.7. The molecule has 0 radical (unpaired) electrons. The van der Waals surface area contributed by atoms with Gasteiger partial charge in [-0.3, -0.25) is 4.79 Å². The number of fused-ring (bicyclic) bond motifs is 1. The molecule has 1 amide bonds. The molecule has 0 aliphatic carbocycles. The van der Waals surface area contributed by atoms with Crippen molar-refractivity contribution in [2.45, 2.75) is 32.7 Å². The van der Waals surface area contributed by atoms with E-state index in [2.05, 4.69) is 15.4 Å². The molecule has 1 unspecified atom stereocenters.